The van der Waals surface area contributed by atoms with Gasteiger partial charge in [0.25, 0.3) is 0 Å². The molecule has 0 aliphatic heterocycles. The molecule has 0 spiro atoms. The van der Waals surface area contributed by atoms with Gasteiger partial charge in [-0.05, 0) is 30.5 Å². The summed E-state index contributed by atoms with van der Waals surface area (Å²) in [5.74, 6) is 1.47. The summed E-state index contributed by atoms with van der Waals surface area (Å²) < 4.78 is 0. The van der Waals surface area contributed by atoms with Crippen molar-refractivity contribution in [2.24, 2.45) is 5.92 Å². The van der Waals surface area contributed by atoms with Crippen molar-refractivity contribution >= 4 is 16.7 Å². The average molecular weight is 225 g/mol. The zero-order valence-corrected chi connectivity index (χ0v) is 9.77. The fraction of sp³-hybridized carbons (Fsp3) is 0.286. The molecule has 0 saturated heterocycles. The monoisotopic (exact) mass is 225 g/mol. The third kappa shape index (κ3) is 1.68. The van der Waals surface area contributed by atoms with Crippen LogP contribution in [0, 0.1) is 11.3 Å². The molecule has 0 bridgehead atoms. The van der Waals surface area contributed by atoms with Crippen LogP contribution in [-0.4, -0.2) is 15.7 Å². The lowest BCUT2D eigenvalue weighted by Gasteiger charge is -2.23. The minimum atomic E-state index is 0.104. The van der Waals surface area contributed by atoms with Crippen LogP contribution in [0.15, 0.2) is 36.4 Å². The van der Waals surface area contributed by atoms with E-state index in [1.165, 1.54) is 0 Å². The molecule has 1 aliphatic carbocycles. The van der Waals surface area contributed by atoms with Gasteiger partial charge in [0.2, 0.25) is 0 Å². The van der Waals surface area contributed by atoms with Crippen LogP contribution in [0.3, 0.4) is 0 Å². The Bertz CT molecular complexity index is 561. The normalized spacial score (nSPS) is 24.4. The quantitative estimate of drug-likeness (QED) is 0.769. The maximum atomic E-state index is 8.04. The second-order valence-corrected chi connectivity index (χ2v) is 4.69. The Kier molecular flexibility index (Phi) is 2.32. The predicted molar refractivity (Wildman–Crippen MR) is 69.5 cm³/mol. The number of benzene rings is 1. The highest BCUT2D eigenvalue weighted by molar-refractivity contribution is 5.98. The van der Waals surface area contributed by atoms with Gasteiger partial charge in [-0.15, -0.1) is 0 Å². The van der Waals surface area contributed by atoms with Crippen LogP contribution >= 0.6 is 0 Å². The second kappa shape index (κ2) is 3.84. The number of allylic oxidation sites excluding steroid dienone is 2. The van der Waals surface area contributed by atoms with Gasteiger partial charge in [-0.2, -0.15) is 0 Å². The first-order valence-electron chi connectivity index (χ1n) is 5.95. The summed E-state index contributed by atoms with van der Waals surface area (Å²) in [4.78, 5) is 7.95. The fourth-order valence-electron chi connectivity index (χ4n) is 2.49. The van der Waals surface area contributed by atoms with Crippen molar-refractivity contribution in [3.05, 3.63) is 42.2 Å². The van der Waals surface area contributed by atoms with Gasteiger partial charge in [-0.1, -0.05) is 25.1 Å². The predicted octanol–water partition coefficient (Wildman–Crippen LogP) is 3.26. The van der Waals surface area contributed by atoms with E-state index in [0.29, 0.717) is 11.6 Å². The molecule has 2 N–H and O–H groups in total. The summed E-state index contributed by atoms with van der Waals surface area (Å²) in [6, 6.07) is 8.02. The summed E-state index contributed by atoms with van der Waals surface area (Å²) in [7, 11) is 0. The maximum Gasteiger partial charge on any atom is 0.116 e. The number of nitrogens with one attached hydrogen (secondary N) is 2. The number of H-pyrrole nitrogens is 1. The average Bonchev–Trinajstić information content (AvgIpc) is 2.71. The summed E-state index contributed by atoms with van der Waals surface area (Å²) >= 11 is 0. The minimum absolute atomic E-state index is 0.104. The molecule has 0 radical (unpaired) electrons. The second-order valence-electron chi connectivity index (χ2n) is 4.69. The molecule has 1 aromatic carbocycles. The zero-order valence-electron chi connectivity index (χ0n) is 9.77. The van der Waals surface area contributed by atoms with E-state index in [0.717, 1.165) is 23.3 Å². The Morgan fingerprint density at radius 1 is 1.35 bits per heavy atom. The third-order valence-electron chi connectivity index (χ3n) is 3.41. The maximum absolute atomic E-state index is 8.04. The van der Waals surface area contributed by atoms with Crippen molar-refractivity contribution < 1.29 is 0 Å². The number of rotatable bonds is 1. The number of hydrogen-bond acceptors (Lipinski definition) is 2. The van der Waals surface area contributed by atoms with Crippen molar-refractivity contribution in [3.63, 3.8) is 0 Å². The lowest BCUT2D eigenvalue weighted by atomic mass is 9.82. The number of aromatic amines is 1. The first kappa shape index (κ1) is 10.3. The molecule has 3 nitrogen and oxygen atoms in total. The SMILES string of the molecule is CC1CC=CC(=N)C1c1nc2ccccc2[nH]1. The highest BCUT2D eigenvalue weighted by Crippen LogP contribution is 2.31. The lowest BCUT2D eigenvalue weighted by Crippen LogP contribution is -2.21. The summed E-state index contributed by atoms with van der Waals surface area (Å²) in [5, 5.41) is 8.04. The molecule has 1 aliphatic rings. The molecule has 2 unspecified atom stereocenters. The number of aromatic nitrogens is 2. The Balaban J connectivity index is 2.08. The molecule has 2 atom stereocenters. The van der Waals surface area contributed by atoms with Gasteiger partial charge >= 0.3 is 0 Å². The van der Waals surface area contributed by atoms with Gasteiger partial charge < -0.3 is 10.4 Å². The number of imidazole rings is 1. The van der Waals surface area contributed by atoms with Crippen LogP contribution in [-0.2, 0) is 0 Å². The minimum Gasteiger partial charge on any atom is -0.341 e. The smallest absolute Gasteiger partial charge is 0.116 e. The van der Waals surface area contributed by atoms with E-state index in [1.807, 2.05) is 30.3 Å². The third-order valence-corrected chi connectivity index (χ3v) is 3.41. The molecule has 3 heteroatoms. The molecule has 3 rings (SSSR count). The van der Waals surface area contributed by atoms with Crippen LogP contribution < -0.4 is 0 Å². The Labute approximate surface area is 100 Å². The van der Waals surface area contributed by atoms with Gasteiger partial charge in [-0.25, -0.2) is 4.98 Å². The molecule has 86 valence electrons. The number of fused-ring (bicyclic) bond motifs is 1. The van der Waals surface area contributed by atoms with Crippen LogP contribution in [0.2, 0.25) is 0 Å². The molecule has 0 amide bonds. The number of hydrogen-bond donors (Lipinski definition) is 2. The van der Waals surface area contributed by atoms with Crippen LogP contribution in [0.5, 0.6) is 0 Å². The van der Waals surface area contributed by atoms with Crippen molar-refractivity contribution in [2.75, 3.05) is 0 Å². The Morgan fingerprint density at radius 2 is 2.18 bits per heavy atom. The molecule has 0 saturated carbocycles. The van der Waals surface area contributed by atoms with Gasteiger partial charge in [0, 0.05) is 5.71 Å². The summed E-state index contributed by atoms with van der Waals surface area (Å²) in [5.41, 5.74) is 2.69. The van der Waals surface area contributed by atoms with Crippen molar-refractivity contribution in [1.82, 2.24) is 9.97 Å². The molecular formula is C14H15N3. The Morgan fingerprint density at radius 3 is 2.94 bits per heavy atom. The topological polar surface area (TPSA) is 52.5 Å². The zero-order chi connectivity index (χ0) is 11.8. The fourth-order valence-corrected chi connectivity index (χ4v) is 2.49. The van der Waals surface area contributed by atoms with E-state index in [4.69, 9.17) is 5.41 Å². The van der Waals surface area contributed by atoms with E-state index < -0.39 is 0 Å². The van der Waals surface area contributed by atoms with Gasteiger partial charge in [0.15, 0.2) is 0 Å². The molecule has 1 heterocycles. The molecule has 1 aromatic heterocycles. The van der Waals surface area contributed by atoms with E-state index >= 15 is 0 Å². The van der Waals surface area contributed by atoms with E-state index in [-0.39, 0.29) is 5.92 Å². The van der Waals surface area contributed by atoms with Crippen molar-refractivity contribution in [3.8, 4) is 0 Å². The highest BCUT2D eigenvalue weighted by atomic mass is 14.9. The summed E-state index contributed by atoms with van der Waals surface area (Å²) in [6.45, 7) is 2.18. The van der Waals surface area contributed by atoms with Crippen molar-refractivity contribution in [1.29, 1.82) is 5.41 Å². The molecular weight excluding hydrogens is 210 g/mol. The van der Waals surface area contributed by atoms with Crippen molar-refractivity contribution in [2.45, 2.75) is 19.3 Å². The van der Waals surface area contributed by atoms with E-state index in [2.05, 4.69) is 23.0 Å². The highest BCUT2D eigenvalue weighted by Gasteiger charge is 2.27. The molecule has 2 aromatic rings. The van der Waals surface area contributed by atoms with Gasteiger partial charge in [0.1, 0.15) is 5.82 Å². The van der Waals surface area contributed by atoms with Crippen LogP contribution in [0.25, 0.3) is 11.0 Å². The lowest BCUT2D eigenvalue weighted by molar-refractivity contribution is 0.528. The Hall–Kier alpha value is -1.90. The van der Waals surface area contributed by atoms with Crippen LogP contribution in [0.4, 0.5) is 0 Å². The van der Waals surface area contributed by atoms with Gasteiger partial charge in [-0.3, -0.25) is 0 Å². The standard InChI is InChI=1S/C14H15N3/c1-9-5-4-6-10(15)13(9)14-16-11-7-2-3-8-12(11)17-14/h2-4,6-9,13,15H,5H2,1H3,(H,16,17). The first-order chi connectivity index (χ1) is 8.25. The van der Waals surface area contributed by atoms with Crippen LogP contribution in [0.1, 0.15) is 25.1 Å². The van der Waals surface area contributed by atoms with Gasteiger partial charge in [0.05, 0.1) is 17.0 Å². The first-order valence-corrected chi connectivity index (χ1v) is 5.95. The summed E-state index contributed by atoms with van der Waals surface area (Å²) in [6.07, 6.45) is 4.99. The largest absolute Gasteiger partial charge is 0.341 e. The molecule has 17 heavy (non-hydrogen) atoms. The van der Waals surface area contributed by atoms with E-state index in [1.54, 1.807) is 0 Å². The number of nitrogens with zero attached hydrogens (tertiary/aromatic N) is 1. The molecule has 0 fully saturated rings. The number of para-hydroxylation sites is 2. The van der Waals surface area contributed by atoms with E-state index in [9.17, 15) is 0 Å².